The van der Waals surface area contributed by atoms with Crippen molar-refractivity contribution in [3.8, 4) is 0 Å². The third-order valence-electron chi connectivity index (χ3n) is 4.46. The molecule has 0 spiro atoms. The highest BCUT2D eigenvalue weighted by Crippen LogP contribution is 2.27. The van der Waals surface area contributed by atoms with Crippen molar-refractivity contribution in [2.24, 2.45) is 0 Å². The number of anilines is 1. The summed E-state index contributed by atoms with van der Waals surface area (Å²) >= 11 is 5.44. The quantitative estimate of drug-likeness (QED) is 0.832. The molecule has 0 unspecified atom stereocenters. The molecule has 120 valence electrons. The van der Waals surface area contributed by atoms with Crippen LogP contribution in [0.4, 0.5) is 5.69 Å². The normalized spacial score (nSPS) is 18.5. The molecule has 0 atom stereocenters. The van der Waals surface area contributed by atoms with Gasteiger partial charge < -0.3 is 15.4 Å². The predicted octanol–water partition coefficient (Wildman–Crippen LogP) is 2.18. The summed E-state index contributed by atoms with van der Waals surface area (Å²) in [5.41, 5.74) is 4.11. The van der Waals surface area contributed by atoms with Crippen molar-refractivity contribution in [3.63, 3.8) is 0 Å². The highest BCUT2D eigenvalue weighted by Gasteiger charge is 2.13. The van der Waals surface area contributed by atoms with E-state index in [0.717, 1.165) is 50.9 Å². The Morgan fingerprint density at radius 1 is 1.18 bits per heavy atom. The molecule has 5 heteroatoms. The van der Waals surface area contributed by atoms with E-state index in [2.05, 4.69) is 33.7 Å². The summed E-state index contributed by atoms with van der Waals surface area (Å²) in [4.78, 5) is 2.41. The number of morpholine rings is 1. The minimum Gasteiger partial charge on any atom is -0.379 e. The molecule has 1 aromatic rings. The summed E-state index contributed by atoms with van der Waals surface area (Å²) in [7, 11) is 0. The summed E-state index contributed by atoms with van der Waals surface area (Å²) in [6.07, 6.45) is 4.94. The number of ether oxygens (including phenoxy) is 1. The number of thiocarbonyl (C=S) groups is 1. The Morgan fingerprint density at radius 2 is 2.00 bits per heavy atom. The number of nitrogens with one attached hydrogen (secondary N) is 2. The zero-order valence-corrected chi connectivity index (χ0v) is 13.9. The molecule has 22 heavy (non-hydrogen) atoms. The molecule has 4 nitrogen and oxygen atoms in total. The molecule has 3 rings (SSSR count). The van der Waals surface area contributed by atoms with Crippen LogP contribution in [-0.4, -0.2) is 49.4 Å². The number of rotatable bonds is 4. The van der Waals surface area contributed by atoms with Gasteiger partial charge in [0, 0.05) is 31.9 Å². The van der Waals surface area contributed by atoms with Gasteiger partial charge in [-0.2, -0.15) is 0 Å². The maximum Gasteiger partial charge on any atom is 0.170 e. The van der Waals surface area contributed by atoms with Crippen molar-refractivity contribution < 1.29 is 4.74 Å². The van der Waals surface area contributed by atoms with Crippen LogP contribution >= 0.6 is 12.2 Å². The SMILES string of the molecule is S=C(NCCN1CCOCC1)Nc1cccc2c1CCCC2. The van der Waals surface area contributed by atoms with Gasteiger partial charge in [-0.15, -0.1) is 0 Å². The van der Waals surface area contributed by atoms with Gasteiger partial charge in [-0.05, 0) is 55.1 Å². The largest absolute Gasteiger partial charge is 0.379 e. The average molecular weight is 319 g/mol. The van der Waals surface area contributed by atoms with E-state index in [9.17, 15) is 0 Å². The lowest BCUT2D eigenvalue weighted by atomic mass is 9.90. The minimum atomic E-state index is 0.729. The zero-order valence-electron chi connectivity index (χ0n) is 13.1. The second-order valence-corrected chi connectivity index (χ2v) is 6.39. The Balaban J connectivity index is 1.47. The molecular formula is C17H25N3OS. The number of hydrogen-bond acceptors (Lipinski definition) is 3. The Bertz CT molecular complexity index is 515. The van der Waals surface area contributed by atoms with E-state index < -0.39 is 0 Å². The highest BCUT2D eigenvalue weighted by atomic mass is 32.1. The molecule has 1 aromatic carbocycles. The number of hydrogen-bond donors (Lipinski definition) is 2. The molecule has 0 aromatic heterocycles. The van der Waals surface area contributed by atoms with E-state index in [-0.39, 0.29) is 0 Å². The lowest BCUT2D eigenvalue weighted by molar-refractivity contribution is 0.0389. The Labute approximate surface area is 138 Å². The third kappa shape index (κ3) is 4.18. The van der Waals surface area contributed by atoms with Crippen LogP contribution in [0.5, 0.6) is 0 Å². The van der Waals surface area contributed by atoms with Gasteiger partial charge in [-0.1, -0.05) is 12.1 Å². The molecule has 0 saturated carbocycles. The van der Waals surface area contributed by atoms with Crippen LogP contribution in [0.1, 0.15) is 24.0 Å². The van der Waals surface area contributed by atoms with Gasteiger partial charge in [-0.25, -0.2) is 0 Å². The molecule has 0 radical (unpaired) electrons. The first-order chi connectivity index (χ1) is 10.8. The van der Waals surface area contributed by atoms with Gasteiger partial charge in [0.1, 0.15) is 0 Å². The molecule has 1 fully saturated rings. The molecule has 1 aliphatic heterocycles. The Kier molecular flexibility index (Phi) is 5.64. The summed E-state index contributed by atoms with van der Waals surface area (Å²) in [6, 6.07) is 6.51. The van der Waals surface area contributed by atoms with Crippen molar-refractivity contribution in [1.29, 1.82) is 0 Å². The van der Waals surface area contributed by atoms with Crippen LogP contribution in [-0.2, 0) is 17.6 Å². The van der Waals surface area contributed by atoms with E-state index in [4.69, 9.17) is 17.0 Å². The van der Waals surface area contributed by atoms with Crippen LogP contribution in [0.3, 0.4) is 0 Å². The molecule has 2 aliphatic rings. The van der Waals surface area contributed by atoms with Gasteiger partial charge in [0.2, 0.25) is 0 Å². The minimum absolute atomic E-state index is 0.729. The van der Waals surface area contributed by atoms with Gasteiger partial charge in [0.05, 0.1) is 13.2 Å². The first kappa shape index (κ1) is 15.7. The van der Waals surface area contributed by atoms with E-state index in [0.29, 0.717) is 0 Å². The monoisotopic (exact) mass is 319 g/mol. The van der Waals surface area contributed by atoms with Crippen molar-refractivity contribution >= 4 is 23.0 Å². The summed E-state index contributed by atoms with van der Waals surface area (Å²) < 4.78 is 5.36. The molecule has 2 N–H and O–H groups in total. The zero-order chi connectivity index (χ0) is 15.2. The number of nitrogens with zero attached hydrogens (tertiary/aromatic N) is 1. The fourth-order valence-corrected chi connectivity index (χ4v) is 3.43. The molecule has 0 bridgehead atoms. The van der Waals surface area contributed by atoms with Crippen LogP contribution in [0.25, 0.3) is 0 Å². The fourth-order valence-electron chi connectivity index (χ4n) is 3.22. The van der Waals surface area contributed by atoms with E-state index >= 15 is 0 Å². The lowest BCUT2D eigenvalue weighted by Crippen LogP contribution is -2.42. The van der Waals surface area contributed by atoms with E-state index in [1.165, 1.54) is 36.1 Å². The summed E-state index contributed by atoms with van der Waals surface area (Å²) in [6.45, 7) is 5.62. The number of aryl methyl sites for hydroxylation is 1. The molecule has 1 saturated heterocycles. The van der Waals surface area contributed by atoms with Crippen molar-refractivity contribution in [3.05, 3.63) is 29.3 Å². The second kappa shape index (κ2) is 7.90. The van der Waals surface area contributed by atoms with Crippen molar-refractivity contribution in [2.75, 3.05) is 44.7 Å². The number of benzene rings is 1. The average Bonchev–Trinajstić information content (AvgIpc) is 2.56. The maximum absolute atomic E-state index is 5.44. The molecule has 1 aliphatic carbocycles. The first-order valence-electron chi connectivity index (χ1n) is 8.28. The third-order valence-corrected chi connectivity index (χ3v) is 4.71. The second-order valence-electron chi connectivity index (χ2n) is 5.99. The predicted molar refractivity (Wildman–Crippen MR) is 94.6 cm³/mol. The van der Waals surface area contributed by atoms with Gasteiger partial charge in [0.25, 0.3) is 0 Å². The fraction of sp³-hybridized carbons (Fsp3) is 0.588. The number of fused-ring (bicyclic) bond motifs is 1. The maximum atomic E-state index is 5.44. The first-order valence-corrected chi connectivity index (χ1v) is 8.69. The standard InChI is InChI=1S/C17H25N3OS/c22-17(18-8-9-20-10-12-21-13-11-20)19-16-7-3-5-14-4-1-2-6-15(14)16/h3,5,7H,1-2,4,6,8-13H2,(H2,18,19,22). The summed E-state index contributed by atoms with van der Waals surface area (Å²) in [5, 5.41) is 7.44. The van der Waals surface area contributed by atoms with E-state index in [1.54, 1.807) is 0 Å². The van der Waals surface area contributed by atoms with Crippen LogP contribution in [0, 0.1) is 0 Å². The highest BCUT2D eigenvalue weighted by molar-refractivity contribution is 7.80. The van der Waals surface area contributed by atoms with Crippen LogP contribution in [0.2, 0.25) is 0 Å². The van der Waals surface area contributed by atoms with Gasteiger partial charge in [0.15, 0.2) is 5.11 Å². The van der Waals surface area contributed by atoms with Gasteiger partial charge in [-0.3, -0.25) is 4.90 Å². The lowest BCUT2D eigenvalue weighted by Gasteiger charge is -2.27. The van der Waals surface area contributed by atoms with E-state index in [1.807, 2.05) is 0 Å². The molecule has 1 heterocycles. The van der Waals surface area contributed by atoms with Gasteiger partial charge >= 0.3 is 0 Å². The molecular weight excluding hydrogens is 294 g/mol. The van der Waals surface area contributed by atoms with Crippen LogP contribution in [0.15, 0.2) is 18.2 Å². The van der Waals surface area contributed by atoms with Crippen molar-refractivity contribution in [2.45, 2.75) is 25.7 Å². The smallest absolute Gasteiger partial charge is 0.170 e. The Hall–Kier alpha value is -1.17. The molecule has 0 amide bonds. The van der Waals surface area contributed by atoms with Crippen LogP contribution < -0.4 is 10.6 Å². The summed E-state index contributed by atoms with van der Waals surface area (Å²) in [5.74, 6) is 0. The Morgan fingerprint density at radius 3 is 2.86 bits per heavy atom. The van der Waals surface area contributed by atoms with Crippen molar-refractivity contribution in [1.82, 2.24) is 10.2 Å². The topological polar surface area (TPSA) is 36.5 Å².